The fraction of sp³-hybridized carbons (Fsp3) is 0.393. The number of rotatable bonds is 11. The summed E-state index contributed by atoms with van der Waals surface area (Å²) in [6.45, 7) is 6.82. The number of carbonyl (C=O) groups is 4. The summed E-state index contributed by atoms with van der Waals surface area (Å²) in [5.41, 5.74) is 0.0397. The highest BCUT2D eigenvalue weighted by Crippen LogP contribution is 2.21. The zero-order chi connectivity index (χ0) is 29.4. The maximum Gasteiger partial charge on any atom is 0.274 e. The molecule has 0 aliphatic carbocycles. The number of ether oxygens (including phenoxy) is 1. The van der Waals surface area contributed by atoms with Gasteiger partial charge in [-0.25, -0.2) is 4.39 Å². The molecule has 0 aliphatic rings. The van der Waals surface area contributed by atoms with Gasteiger partial charge in [-0.05, 0) is 44.7 Å². The highest BCUT2D eigenvalue weighted by molar-refractivity contribution is 5.99. The van der Waals surface area contributed by atoms with Crippen LogP contribution in [0.3, 0.4) is 0 Å². The first-order valence-corrected chi connectivity index (χ1v) is 12.7. The van der Waals surface area contributed by atoms with Crippen LogP contribution in [0.4, 0.5) is 4.39 Å². The van der Waals surface area contributed by atoms with Crippen molar-refractivity contribution in [2.75, 3.05) is 13.7 Å². The number of nitrogens with one attached hydrogen (secondary N) is 4. The van der Waals surface area contributed by atoms with Crippen molar-refractivity contribution >= 4 is 34.4 Å². The molecule has 0 radical (unpaired) electrons. The molecule has 0 spiro atoms. The van der Waals surface area contributed by atoms with Crippen LogP contribution in [-0.2, 0) is 25.7 Å². The Bertz CT molecular complexity index is 1380. The molecule has 11 nitrogen and oxygen atoms in total. The Morgan fingerprint density at radius 1 is 1.00 bits per heavy atom. The minimum atomic E-state index is -1.33. The van der Waals surface area contributed by atoms with Gasteiger partial charge in [-0.15, -0.1) is 0 Å². The lowest BCUT2D eigenvalue weighted by Crippen LogP contribution is -2.56. The number of halogens is 1. The number of hydrogen-bond acceptors (Lipinski definition) is 7. The van der Waals surface area contributed by atoms with Gasteiger partial charge in [0.25, 0.3) is 5.91 Å². The summed E-state index contributed by atoms with van der Waals surface area (Å²) in [6.07, 6.45) is -0.394. The van der Waals surface area contributed by atoms with E-state index in [-0.39, 0.29) is 24.7 Å². The van der Waals surface area contributed by atoms with E-state index >= 15 is 0 Å². The molecule has 40 heavy (non-hydrogen) atoms. The van der Waals surface area contributed by atoms with E-state index in [1.807, 2.05) is 0 Å². The van der Waals surface area contributed by atoms with E-state index in [2.05, 4.69) is 26.4 Å². The van der Waals surface area contributed by atoms with Crippen molar-refractivity contribution in [3.05, 3.63) is 65.3 Å². The number of aromatic nitrogens is 1. The fourth-order valence-corrected chi connectivity index (χ4v) is 3.98. The second-order valence-electron chi connectivity index (χ2n) is 10.3. The number of amides is 4. The van der Waals surface area contributed by atoms with Crippen molar-refractivity contribution in [2.45, 2.75) is 58.3 Å². The first kappa shape index (κ1) is 30.2. The Morgan fingerprint density at radius 3 is 2.33 bits per heavy atom. The normalized spacial score (nSPS) is 12.8. The monoisotopic (exact) mass is 555 g/mol. The van der Waals surface area contributed by atoms with Gasteiger partial charge in [-0.2, -0.15) is 0 Å². The van der Waals surface area contributed by atoms with Crippen LogP contribution in [0.15, 0.2) is 47.0 Å². The summed E-state index contributed by atoms with van der Waals surface area (Å²) in [7, 11) is 1.36. The van der Waals surface area contributed by atoms with Crippen molar-refractivity contribution < 1.29 is 32.8 Å². The molecule has 1 aromatic heterocycles. The second-order valence-corrected chi connectivity index (χ2v) is 10.3. The molecule has 3 aromatic rings. The third-order valence-electron chi connectivity index (χ3n) is 5.77. The first-order valence-electron chi connectivity index (χ1n) is 12.7. The van der Waals surface area contributed by atoms with Gasteiger partial charge >= 0.3 is 0 Å². The molecule has 0 aliphatic heterocycles. The predicted octanol–water partition coefficient (Wildman–Crippen LogP) is 2.13. The van der Waals surface area contributed by atoms with Gasteiger partial charge < -0.3 is 30.5 Å². The van der Waals surface area contributed by atoms with Crippen LogP contribution in [0.25, 0.3) is 10.8 Å². The number of methoxy groups -OCH3 is 1. The third kappa shape index (κ3) is 8.34. The molecule has 4 amide bonds. The minimum absolute atomic E-state index is 0.0649. The Balaban J connectivity index is 1.73. The fourth-order valence-electron chi connectivity index (χ4n) is 3.98. The van der Waals surface area contributed by atoms with Crippen molar-refractivity contribution in [1.82, 2.24) is 26.4 Å². The average molecular weight is 556 g/mol. The molecule has 4 N–H and O–H groups in total. The summed E-state index contributed by atoms with van der Waals surface area (Å²) in [4.78, 5) is 51.6. The molecule has 2 atom stereocenters. The summed E-state index contributed by atoms with van der Waals surface area (Å²) < 4.78 is 24.2. The van der Waals surface area contributed by atoms with E-state index < -0.39 is 47.7 Å². The van der Waals surface area contributed by atoms with Crippen LogP contribution in [0.5, 0.6) is 0 Å². The van der Waals surface area contributed by atoms with E-state index in [9.17, 15) is 23.6 Å². The standard InChI is InChI=1S/C28H34FN5O6/c1-16-12-22(34-40-16)27(38)31-21(13-24(35)33-28(2,3)4)26(37)32-23(15-39-5)25(36)30-14-17-10-11-20(29)19-9-7-6-8-18(17)19/h6-12,21,23H,13-15H2,1-5H3,(H,30,36)(H,31,38)(H,32,37)(H,33,35)/t21-,23-/m0/s1. The number of aryl methyl sites for hydroxylation is 1. The van der Waals surface area contributed by atoms with Crippen LogP contribution in [0.2, 0.25) is 0 Å². The average Bonchev–Trinajstić information content (AvgIpc) is 3.33. The summed E-state index contributed by atoms with van der Waals surface area (Å²) in [6, 6.07) is 8.69. The number of fused-ring (bicyclic) bond motifs is 1. The Labute approximate surface area is 231 Å². The maximum atomic E-state index is 14.2. The second kappa shape index (κ2) is 13.2. The SMILES string of the molecule is COC[C@H](NC(=O)[C@H](CC(=O)NC(C)(C)C)NC(=O)c1cc(C)on1)C(=O)NCc1ccc(F)c2ccccc12. The van der Waals surface area contributed by atoms with Gasteiger partial charge in [0.2, 0.25) is 17.7 Å². The van der Waals surface area contributed by atoms with E-state index in [1.54, 1.807) is 58.0 Å². The lowest BCUT2D eigenvalue weighted by atomic mass is 10.0. The van der Waals surface area contributed by atoms with Gasteiger partial charge in [0.15, 0.2) is 5.69 Å². The molecule has 0 bridgehead atoms. The Morgan fingerprint density at radius 2 is 1.70 bits per heavy atom. The van der Waals surface area contributed by atoms with Crippen LogP contribution >= 0.6 is 0 Å². The molecule has 12 heteroatoms. The largest absolute Gasteiger partial charge is 0.382 e. The minimum Gasteiger partial charge on any atom is -0.382 e. The van der Waals surface area contributed by atoms with Crippen LogP contribution < -0.4 is 21.3 Å². The zero-order valence-electron chi connectivity index (χ0n) is 23.1. The van der Waals surface area contributed by atoms with Gasteiger partial charge in [-0.1, -0.05) is 35.5 Å². The highest BCUT2D eigenvalue weighted by Gasteiger charge is 2.30. The van der Waals surface area contributed by atoms with Gasteiger partial charge in [-0.3, -0.25) is 19.2 Å². The lowest BCUT2D eigenvalue weighted by Gasteiger charge is -2.25. The van der Waals surface area contributed by atoms with E-state index in [4.69, 9.17) is 9.26 Å². The molecule has 0 saturated heterocycles. The van der Waals surface area contributed by atoms with Crippen molar-refractivity contribution in [3.63, 3.8) is 0 Å². The predicted molar refractivity (Wildman–Crippen MR) is 145 cm³/mol. The van der Waals surface area contributed by atoms with E-state index in [1.165, 1.54) is 19.2 Å². The smallest absolute Gasteiger partial charge is 0.274 e. The van der Waals surface area contributed by atoms with E-state index in [0.29, 0.717) is 22.1 Å². The highest BCUT2D eigenvalue weighted by atomic mass is 19.1. The molecular weight excluding hydrogens is 521 g/mol. The topological polar surface area (TPSA) is 152 Å². The Kier molecular flexibility index (Phi) is 9.94. The Hall–Kier alpha value is -4.32. The van der Waals surface area contributed by atoms with Crippen molar-refractivity contribution in [1.29, 1.82) is 0 Å². The van der Waals surface area contributed by atoms with Gasteiger partial charge in [0.05, 0.1) is 13.0 Å². The number of nitrogens with zero attached hydrogens (tertiary/aromatic N) is 1. The third-order valence-corrected chi connectivity index (χ3v) is 5.77. The number of benzene rings is 2. The number of hydrogen-bond donors (Lipinski definition) is 4. The molecule has 214 valence electrons. The zero-order valence-corrected chi connectivity index (χ0v) is 23.1. The molecule has 0 unspecified atom stereocenters. The summed E-state index contributed by atoms with van der Waals surface area (Å²) in [5, 5.41) is 15.2. The van der Waals surface area contributed by atoms with E-state index in [0.717, 1.165) is 0 Å². The van der Waals surface area contributed by atoms with Crippen LogP contribution in [0.1, 0.15) is 49.0 Å². The molecule has 0 saturated carbocycles. The summed E-state index contributed by atoms with van der Waals surface area (Å²) in [5.74, 6) is -2.54. The lowest BCUT2D eigenvalue weighted by molar-refractivity contribution is -0.132. The van der Waals surface area contributed by atoms with Crippen LogP contribution in [-0.4, -0.2) is 60.1 Å². The quantitative estimate of drug-likeness (QED) is 0.283. The molecule has 2 aromatic carbocycles. The van der Waals surface area contributed by atoms with Crippen LogP contribution in [0, 0.1) is 12.7 Å². The van der Waals surface area contributed by atoms with Crippen molar-refractivity contribution in [2.24, 2.45) is 0 Å². The maximum absolute atomic E-state index is 14.2. The van der Waals surface area contributed by atoms with Crippen molar-refractivity contribution in [3.8, 4) is 0 Å². The summed E-state index contributed by atoms with van der Waals surface area (Å²) >= 11 is 0. The van der Waals surface area contributed by atoms with Gasteiger partial charge in [0, 0.05) is 30.6 Å². The first-order chi connectivity index (χ1) is 18.9. The molecule has 0 fully saturated rings. The molecular formula is C28H34FN5O6. The molecule has 1 heterocycles. The number of carbonyl (C=O) groups excluding carboxylic acids is 4. The van der Waals surface area contributed by atoms with Gasteiger partial charge in [0.1, 0.15) is 23.7 Å². The molecule has 3 rings (SSSR count).